The summed E-state index contributed by atoms with van der Waals surface area (Å²) in [5, 5.41) is 2.56. The quantitative estimate of drug-likeness (QED) is 0.584. The van der Waals surface area contributed by atoms with Crippen molar-refractivity contribution < 1.29 is 22.7 Å². The van der Waals surface area contributed by atoms with Gasteiger partial charge in [-0.05, 0) is 37.5 Å². The van der Waals surface area contributed by atoms with E-state index < -0.39 is 28.5 Å². The van der Waals surface area contributed by atoms with E-state index in [0.717, 1.165) is 10.7 Å². The van der Waals surface area contributed by atoms with Gasteiger partial charge in [-0.3, -0.25) is 9.59 Å². The molecule has 1 aliphatic carbocycles. The lowest BCUT2D eigenvalue weighted by atomic mass is 9.95. The second kappa shape index (κ2) is 8.66. The summed E-state index contributed by atoms with van der Waals surface area (Å²) in [5.74, 6) is -1.18. The third-order valence-corrected chi connectivity index (χ3v) is 6.22. The molecule has 26 heavy (non-hydrogen) atoms. The van der Waals surface area contributed by atoms with Gasteiger partial charge in [-0.25, -0.2) is 12.7 Å². The first-order valence-corrected chi connectivity index (χ1v) is 9.87. The zero-order valence-electron chi connectivity index (χ0n) is 14.6. The lowest BCUT2D eigenvalue weighted by Crippen LogP contribution is -2.25. The molecule has 1 atom stereocenters. The zero-order chi connectivity index (χ0) is 19.3. The second-order valence-electron chi connectivity index (χ2n) is 6.07. The maximum Gasteiger partial charge on any atom is 0.309 e. The van der Waals surface area contributed by atoms with Crippen LogP contribution in [-0.2, 0) is 24.3 Å². The molecule has 1 aromatic rings. The average molecular weight is 401 g/mol. The van der Waals surface area contributed by atoms with Gasteiger partial charge in [0.2, 0.25) is 10.0 Å². The van der Waals surface area contributed by atoms with Crippen molar-refractivity contribution in [2.24, 2.45) is 5.92 Å². The second-order valence-corrected chi connectivity index (χ2v) is 8.60. The lowest BCUT2D eigenvalue weighted by Gasteiger charge is -2.16. The number of nitrogens with zero attached hydrogens (tertiary/aromatic N) is 1. The van der Waals surface area contributed by atoms with Crippen LogP contribution in [0.5, 0.6) is 0 Å². The Balaban J connectivity index is 1.99. The molecule has 9 heteroatoms. The first-order chi connectivity index (χ1) is 12.2. The number of sulfonamides is 1. The maximum atomic E-state index is 12.2. The highest BCUT2D eigenvalue weighted by Crippen LogP contribution is 2.27. The molecule has 0 saturated carbocycles. The number of rotatable bonds is 6. The third-order valence-electron chi connectivity index (χ3n) is 3.92. The molecule has 0 aliphatic heterocycles. The predicted molar refractivity (Wildman–Crippen MR) is 98.4 cm³/mol. The van der Waals surface area contributed by atoms with E-state index in [1.807, 2.05) is 12.2 Å². The Labute approximate surface area is 158 Å². The fraction of sp³-hybridized carbons (Fsp3) is 0.412. The molecule has 1 aliphatic rings. The van der Waals surface area contributed by atoms with Crippen LogP contribution >= 0.6 is 11.6 Å². The Hall–Kier alpha value is -1.90. The Morgan fingerprint density at radius 1 is 1.31 bits per heavy atom. The van der Waals surface area contributed by atoms with Crippen LogP contribution in [0.4, 0.5) is 5.69 Å². The van der Waals surface area contributed by atoms with Gasteiger partial charge in [0.15, 0.2) is 6.61 Å². The normalized spacial score (nSPS) is 17.2. The first-order valence-electron chi connectivity index (χ1n) is 8.05. The molecule has 1 unspecified atom stereocenters. The van der Waals surface area contributed by atoms with Crippen molar-refractivity contribution in [1.82, 2.24) is 4.31 Å². The minimum atomic E-state index is -3.75. The fourth-order valence-corrected chi connectivity index (χ4v) is 3.83. The molecule has 0 aromatic heterocycles. The zero-order valence-corrected chi connectivity index (χ0v) is 16.1. The van der Waals surface area contributed by atoms with E-state index in [9.17, 15) is 18.0 Å². The molecule has 0 saturated heterocycles. The van der Waals surface area contributed by atoms with Crippen LogP contribution in [0.3, 0.4) is 0 Å². The number of hydrogen-bond acceptors (Lipinski definition) is 5. The van der Waals surface area contributed by atoms with Gasteiger partial charge < -0.3 is 10.1 Å². The van der Waals surface area contributed by atoms with Gasteiger partial charge >= 0.3 is 5.97 Å². The number of halogens is 1. The summed E-state index contributed by atoms with van der Waals surface area (Å²) in [5.41, 5.74) is 0.247. The smallest absolute Gasteiger partial charge is 0.309 e. The molecule has 2 rings (SSSR count). The number of carbonyl (C=O) groups excluding carboxylic acids is 2. The number of benzene rings is 1. The molecule has 1 aromatic carbocycles. The van der Waals surface area contributed by atoms with Crippen molar-refractivity contribution in [3.8, 4) is 0 Å². The highest BCUT2D eigenvalue weighted by molar-refractivity contribution is 7.89. The van der Waals surface area contributed by atoms with Gasteiger partial charge in [-0.15, -0.1) is 0 Å². The summed E-state index contributed by atoms with van der Waals surface area (Å²) < 4.78 is 30.5. The predicted octanol–water partition coefficient (Wildman–Crippen LogP) is 2.43. The SMILES string of the molecule is CN(C)S(=O)(=O)c1cc(NC(=O)COC(=O)C2CC=CCC2)ccc1Cl. The largest absolute Gasteiger partial charge is 0.455 e. The summed E-state index contributed by atoms with van der Waals surface area (Å²) in [6, 6.07) is 4.12. The first kappa shape index (κ1) is 20.4. The van der Waals surface area contributed by atoms with E-state index >= 15 is 0 Å². The van der Waals surface area contributed by atoms with E-state index in [1.54, 1.807) is 0 Å². The molecular weight excluding hydrogens is 380 g/mol. The van der Waals surface area contributed by atoms with Crippen LogP contribution in [-0.4, -0.2) is 45.3 Å². The summed E-state index contributed by atoms with van der Waals surface area (Å²) in [4.78, 5) is 23.8. The fourth-order valence-electron chi connectivity index (χ4n) is 2.43. The molecule has 1 amide bonds. The standard InChI is InChI=1S/C17H21ClN2O5S/c1-20(2)26(23,24)15-10-13(8-9-14(15)18)19-16(21)11-25-17(22)12-6-4-3-5-7-12/h3-4,8-10,12H,5-7,11H2,1-2H3,(H,19,21). The molecule has 0 fully saturated rings. The van der Waals surface area contributed by atoms with Crippen molar-refractivity contribution in [2.75, 3.05) is 26.0 Å². The summed E-state index contributed by atoms with van der Waals surface area (Å²) in [6.07, 6.45) is 6.08. The van der Waals surface area contributed by atoms with E-state index in [1.165, 1.54) is 32.3 Å². The summed E-state index contributed by atoms with van der Waals surface area (Å²) in [7, 11) is -0.976. The average Bonchev–Trinajstić information content (AvgIpc) is 2.61. The minimum absolute atomic E-state index is 0.0495. The molecule has 0 heterocycles. The number of nitrogens with one attached hydrogen (secondary N) is 1. The Morgan fingerprint density at radius 3 is 2.65 bits per heavy atom. The maximum absolute atomic E-state index is 12.2. The number of esters is 1. The van der Waals surface area contributed by atoms with Crippen molar-refractivity contribution in [3.05, 3.63) is 35.4 Å². The van der Waals surface area contributed by atoms with E-state index in [4.69, 9.17) is 16.3 Å². The molecule has 0 bridgehead atoms. The number of ether oxygens (including phenoxy) is 1. The number of carbonyl (C=O) groups is 2. The van der Waals surface area contributed by atoms with Crippen molar-refractivity contribution in [1.29, 1.82) is 0 Å². The highest BCUT2D eigenvalue weighted by Gasteiger charge is 2.23. The number of allylic oxidation sites excluding steroid dienone is 2. The van der Waals surface area contributed by atoms with Crippen molar-refractivity contribution in [2.45, 2.75) is 24.2 Å². The number of hydrogen-bond donors (Lipinski definition) is 1. The Morgan fingerprint density at radius 2 is 2.04 bits per heavy atom. The van der Waals surface area contributed by atoms with Crippen LogP contribution in [0.2, 0.25) is 5.02 Å². The van der Waals surface area contributed by atoms with Gasteiger partial charge in [0.05, 0.1) is 10.9 Å². The Bertz CT molecular complexity index is 820. The molecule has 7 nitrogen and oxygen atoms in total. The van der Waals surface area contributed by atoms with Gasteiger partial charge in [0, 0.05) is 19.8 Å². The van der Waals surface area contributed by atoms with Crippen LogP contribution < -0.4 is 5.32 Å². The van der Waals surface area contributed by atoms with Crippen LogP contribution in [0.15, 0.2) is 35.2 Å². The van der Waals surface area contributed by atoms with Gasteiger partial charge in [0.25, 0.3) is 5.91 Å². The molecule has 0 radical (unpaired) electrons. The lowest BCUT2D eigenvalue weighted by molar-refractivity contribution is -0.151. The molecule has 1 N–H and O–H groups in total. The van der Waals surface area contributed by atoms with Crippen LogP contribution in [0.25, 0.3) is 0 Å². The van der Waals surface area contributed by atoms with Gasteiger partial charge in [-0.2, -0.15) is 0 Å². The molecule has 142 valence electrons. The number of anilines is 1. The van der Waals surface area contributed by atoms with Crippen molar-refractivity contribution in [3.63, 3.8) is 0 Å². The van der Waals surface area contributed by atoms with E-state index in [-0.39, 0.29) is 21.5 Å². The number of amides is 1. The molecule has 0 spiro atoms. The topological polar surface area (TPSA) is 92.8 Å². The van der Waals surface area contributed by atoms with E-state index in [0.29, 0.717) is 12.8 Å². The minimum Gasteiger partial charge on any atom is -0.455 e. The summed E-state index contributed by atoms with van der Waals surface area (Å²) >= 11 is 5.96. The van der Waals surface area contributed by atoms with Gasteiger partial charge in [0.1, 0.15) is 4.90 Å². The van der Waals surface area contributed by atoms with Crippen molar-refractivity contribution >= 4 is 39.2 Å². The monoisotopic (exact) mass is 400 g/mol. The summed E-state index contributed by atoms with van der Waals surface area (Å²) in [6.45, 7) is -0.433. The highest BCUT2D eigenvalue weighted by atomic mass is 35.5. The molecular formula is C17H21ClN2O5S. The Kier molecular flexibility index (Phi) is 6.80. The van der Waals surface area contributed by atoms with E-state index in [2.05, 4.69) is 5.32 Å². The van der Waals surface area contributed by atoms with Crippen LogP contribution in [0.1, 0.15) is 19.3 Å². The third kappa shape index (κ3) is 5.06. The van der Waals surface area contributed by atoms with Crippen LogP contribution in [0, 0.1) is 5.92 Å². The van der Waals surface area contributed by atoms with Gasteiger partial charge in [-0.1, -0.05) is 23.8 Å².